The fourth-order valence-corrected chi connectivity index (χ4v) is 4.12. The quantitative estimate of drug-likeness (QED) is 0.826. The van der Waals surface area contributed by atoms with Crippen molar-refractivity contribution in [1.29, 1.82) is 0 Å². The van der Waals surface area contributed by atoms with E-state index in [9.17, 15) is 4.79 Å². The van der Waals surface area contributed by atoms with Crippen LogP contribution in [-0.4, -0.2) is 63.3 Å². The molecule has 28 heavy (non-hydrogen) atoms. The molecule has 0 atom stereocenters. The number of likely N-dealkylation sites (tertiary alicyclic amines) is 1. The van der Waals surface area contributed by atoms with Gasteiger partial charge in [-0.05, 0) is 32.2 Å². The van der Waals surface area contributed by atoms with Gasteiger partial charge in [-0.15, -0.1) is 0 Å². The van der Waals surface area contributed by atoms with Crippen molar-refractivity contribution in [2.45, 2.75) is 38.6 Å². The molecule has 0 bridgehead atoms. The third-order valence-electron chi connectivity index (χ3n) is 5.60. The summed E-state index contributed by atoms with van der Waals surface area (Å²) < 4.78 is 1.92. The van der Waals surface area contributed by atoms with Gasteiger partial charge < -0.3 is 15.1 Å². The Labute approximate surface area is 169 Å². The number of anilines is 2. The van der Waals surface area contributed by atoms with Crippen LogP contribution < -0.4 is 10.2 Å². The number of hydrogen-bond acceptors (Lipinski definition) is 6. The van der Waals surface area contributed by atoms with E-state index in [0.29, 0.717) is 11.8 Å². The van der Waals surface area contributed by atoms with Gasteiger partial charge in [0.25, 0.3) is 5.91 Å². The Bertz CT molecular complexity index is 825. The zero-order valence-corrected chi connectivity index (χ0v) is 16.9. The van der Waals surface area contributed by atoms with E-state index in [2.05, 4.69) is 37.1 Å². The van der Waals surface area contributed by atoms with Crippen LogP contribution in [0, 0.1) is 0 Å². The molecule has 2 aliphatic heterocycles. The molecule has 8 nitrogen and oxygen atoms in total. The van der Waals surface area contributed by atoms with E-state index in [1.165, 1.54) is 6.20 Å². The van der Waals surface area contributed by atoms with E-state index in [1.807, 2.05) is 10.7 Å². The van der Waals surface area contributed by atoms with Gasteiger partial charge in [0, 0.05) is 32.2 Å². The molecule has 9 heteroatoms. The van der Waals surface area contributed by atoms with Gasteiger partial charge in [0.05, 0.1) is 23.5 Å². The summed E-state index contributed by atoms with van der Waals surface area (Å²) in [7, 11) is 0. The summed E-state index contributed by atoms with van der Waals surface area (Å²) in [6.07, 6.45) is 7.50. The van der Waals surface area contributed by atoms with Crippen LogP contribution in [0.15, 0.2) is 18.5 Å². The van der Waals surface area contributed by atoms with E-state index in [-0.39, 0.29) is 22.7 Å². The lowest BCUT2D eigenvalue weighted by Crippen LogP contribution is -2.35. The van der Waals surface area contributed by atoms with Gasteiger partial charge in [0.1, 0.15) is 5.82 Å². The van der Waals surface area contributed by atoms with Crippen LogP contribution >= 0.6 is 11.6 Å². The van der Waals surface area contributed by atoms with Crippen molar-refractivity contribution in [3.05, 3.63) is 29.2 Å². The molecule has 2 saturated heterocycles. The number of rotatable bonds is 5. The summed E-state index contributed by atoms with van der Waals surface area (Å²) in [5, 5.41) is 7.65. The van der Waals surface area contributed by atoms with E-state index in [1.54, 1.807) is 6.20 Å². The largest absolute Gasteiger partial charge is 0.341 e. The van der Waals surface area contributed by atoms with Gasteiger partial charge in [0.2, 0.25) is 5.95 Å². The van der Waals surface area contributed by atoms with Crippen molar-refractivity contribution in [2.24, 2.45) is 0 Å². The molecular formula is C19H26ClN7O. The minimum Gasteiger partial charge on any atom is -0.341 e. The molecule has 0 unspecified atom stereocenters. The number of carbonyl (C=O) groups excluding carboxylic acids is 1. The molecule has 0 aromatic carbocycles. The first-order valence-corrected chi connectivity index (χ1v) is 10.4. The molecule has 2 aromatic heterocycles. The first kappa shape index (κ1) is 19.1. The molecule has 2 aromatic rings. The van der Waals surface area contributed by atoms with Gasteiger partial charge in [-0.25, -0.2) is 14.6 Å². The molecular weight excluding hydrogens is 378 g/mol. The standard InChI is InChI=1S/C19H26ClN7O/c1-2-25-11-6-14(7-12-25)27-16(5-8-22-27)23-18(28)17-15(20)13-21-19(24-17)26-9-3-4-10-26/h5,8,13-14H,2-4,6-7,9-12H2,1H3,(H,23,28). The zero-order chi connectivity index (χ0) is 19.5. The van der Waals surface area contributed by atoms with Crippen LogP contribution in [0.1, 0.15) is 49.1 Å². The van der Waals surface area contributed by atoms with E-state index in [4.69, 9.17) is 11.6 Å². The highest BCUT2D eigenvalue weighted by Crippen LogP contribution is 2.26. The van der Waals surface area contributed by atoms with Crippen molar-refractivity contribution in [3.8, 4) is 0 Å². The SMILES string of the molecule is CCN1CCC(n2nccc2NC(=O)c2nc(N3CCCC3)ncc2Cl)CC1. The number of nitrogens with zero attached hydrogens (tertiary/aromatic N) is 6. The van der Waals surface area contributed by atoms with Crippen molar-refractivity contribution in [1.82, 2.24) is 24.6 Å². The van der Waals surface area contributed by atoms with E-state index >= 15 is 0 Å². The number of carbonyl (C=O) groups is 1. The molecule has 150 valence electrons. The van der Waals surface area contributed by atoms with Gasteiger partial charge in [-0.1, -0.05) is 18.5 Å². The van der Waals surface area contributed by atoms with Crippen LogP contribution in [0.5, 0.6) is 0 Å². The number of piperidine rings is 1. The monoisotopic (exact) mass is 403 g/mol. The second kappa shape index (κ2) is 8.45. The Morgan fingerprint density at radius 1 is 1.25 bits per heavy atom. The summed E-state index contributed by atoms with van der Waals surface area (Å²) in [4.78, 5) is 26.1. The molecule has 0 radical (unpaired) electrons. The predicted octanol–water partition coefficient (Wildman–Crippen LogP) is 2.84. The maximum atomic E-state index is 12.9. The van der Waals surface area contributed by atoms with Crippen molar-refractivity contribution in [2.75, 3.05) is 42.9 Å². The fraction of sp³-hybridized carbons (Fsp3) is 0.579. The number of nitrogens with one attached hydrogen (secondary N) is 1. The third kappa shape index (κ3) is 3.98. The minimum atomic E-state index is -0.333. The Morgan fingerprint density at radius 2 is 2.00 bits per heavy atom. The molecule has 0 saturated carbocycles. The smallest absolute Gasteiger partial charge is 0.277 e. The van der Waals surface area contributed by atoms with Gasteiger partial charge in [0.15, 0.2) is 5.69 Å². The lowest BCUT2D eigenvalue weighted by molar-refractivity contribution is 0.102. The third-order valence-corrected chi connectivity index (χ3v) is 5.87. The molecule has 4 heterocycles. The van der Waals surface area contributed by atoms with Crippen molar-refractivity contribution < 1.29 is 4.79 Å². The Morgan fingerprint density at radius 3 is 2.71 bits per heavy atom. The highest BCUT2D eigenvalue weighted by Gasteiger charge is 2.24. The minimum absolute atomic E-state index is 0.201. The Hall–Kier alpha value is -2.19. The highest BCUT2D eigenvalue weighted by atomic mass is 35.5. The highest BCUT2D eigenvalue weighted by molar-refractivity contribution is 6.34. The lowest BCUT2D eigenvalue weighted by Gasteiger charge is -2.31. The topological polar surface area (TPSA) is 79.2 Å². The average molecular weight is 404 g/mol. The normalized spacial score (nSPS) is 18.6. The summed E-state index contributed by atoms with van der Waals surface area (Å²) >= 11 is 6.23. The van der Waals surface area contributed by atoms with Gasteiger partial charge >= 0.3 is 0 Å². The van der Waals surface area contributed by atoms with Crippen LogP contribution in [0.4, 0.5) is 11.8 Å². The van der Waals surface area contributed by atoms with Crippen LogP contribution in [0.3, 0.4) is 0 Å². The summed E-state index contributed by atoms with van der Waals surface area (Å²) in [5.41, 5.74) is 0.201. The fourth-order valence-electron chi connectivity index (χ4n) is 3.95. The lowest BCUT2D eigenvalue weighted by atomic mass is 10.1. The second-order valence-corrected chi connectivity index (χ2v) is 7.75. The molecule has 2 aliphatic rings. The summed E-state index contributed by atoms with van der Waals surface area (Å²) in [5.74, 6) is 0.908. The van der Waals surface area contributed by atoms with E-state index in [0.717, 1.165) is 58.4 Å². The summed E-state index contributed by atoms with van der Waals surface area (Å²) in [6.45, 7) is 7.16. The maximum Gasteiger partial charge on any atom is 0.277 e. The molecule has 0 spiro atoms. The number of hydrogen-bond donors (Lipinski definition) is 1. The number of amides is 1. The average Bonchev–Trinajstić information content (AvgIpc) is 3.40. The van der Waals surface area contributed by atoms with Crippen molar-refractivity contribution >= 4 is 29.3 Å². The van der Waals surface area contributed by atoms with Crippen LogP contribution in [-0.2, 0) is 0 Å². The second-order valence-electron chi connectivity index (χ2n) is 7.34. The molecule has 0 aliphatic carbocycles. The molecule has 4 rings (SSSR count). The molecule has 1 N–H and O–H groups in total. The molecule has 1 amide bonds. The number of halogens is 1. The first-order valence-electron chi connectivity index (χ1n) is 10.0. The summed E-state index contributed by atoms with van der Waals surface area (Å²) in [6, 6.07) is 2.11. The Balaban J connectivity index is 1.49. The van der Waals surface area contributed by atoms with Crippen molar-refractivity contribution in [3.63, 3.8) is 0 Å². The van der Waals surface area contributed by atoms with E-state index < -0.39 is 0 Å². The molecule has 2 fully saturated rings. The first-order chi connectivity index (χ1) is 13.7. The van der Waals surface area contributed by atoms with Gasteiger partial charge in [-0.3, -0.25) is 4.79 Å². The number of aromatic nitrogens is 4. The van der Waals surface area contributed by atoms with Gasteiger partial charge in [-0.2, -0.15) is 5.10 Å². The van der Waals surface area contributed by atoms with Crippen LogP contribution in [0.2, 0.25) is 5.02 Å². The zero-order valence-electron chi connectivity index (χ0n) is 16.1. The predicted molar refractivity (Wildman–Crippen MR) is 109 cm³/mol. The maximum absolute atomic E-state index is 12.9. The van der Waals surface area contributed by atoms with Crippen LogP contribution in [0.25, 0.3) is 0 Å². The Kier molecular flexibility index (Phi) is 5.77.